The second-order valence-corrected chi connectivity index (χ2v) is 4.30. The molecule has 0 spiro atoms. The largest absolute Gasteiger partial charge is 0.350 e. The monoisotopic (exact) mass is 240 g/mol. The summed E-state index contributed by atoms with van der Waals surface area (Å²) in [5.41, 5.74) is 1.56. The van der Waals surface area contributed by atoms with Crippen molar-refractivity contribution < 1.29 is 4.79 Å². The summed E-state index contributed by atoms with van der Waals surface area (Å²) in [6, 6.07) is 5.52. The highest BCUT2D eigenvalue weighted by atomic mass is 35.5. The summed E-state index contributed by atoms with van der Waals surface area (Å²) in [6.45, 7) is 4.49. The van der Waals surface area contributed by atoms with Crippen molar-refractivity contribution in [3.63, 3.8) is 0 Å². The normalized spacial score (nSPS) is 12.2. The van der Waals surface area contributed by atoms with Crippen LogP contribution >= 0.6 is 11.6 Å². The molecular weight excluding hydrogens is 224 g/mol. The van der Waals surface area contributed by atoms with Crippen LogP contribution in [0.3, 0.4) is 0 Å². The average molecular weight is 241 g/mol. The van der Waals surface area contributed by atoms with E-state index in [1.54, 1.807) is 18.2 Å². The molecule has 1 amide bonds. The molecule has 0 aromatic heterocycles. The number of hydrogen-bond donors (Lipinski definition) is 2. The Kier molecular flexibility index (Phi) is 4.77. The van der Waals surface area contributed by atoms with Crippen LogP contribution in [0.25, 0.3) is 0 Å². The first-order chi connectivity index (χ1) is 7.54. The van der Waals surface area contributed by atoms with E-state index in [9.17, 15) is 4.79 Å². The first-order valence-electron chi connectivity index (χ1n) is 5.26. The van der Waals surface area contributed by atoms with E-state index >= 15 is 0 Å². The molecule has 16 heavy (non-hydrogen) atoms. The lowest BCUT2D eigenvalue weighted by atomic mass is 10.1. The fourth-order valence-electron chi connectivity index (χ4n) is 1.32. The Hall–Kier alpha value is -1.06. The minimum Gasteiger partial charge on any atom is -0.350 e. The van der Waals surface area contributed by atoms with Gasteiger partial charge in [0.2, 0.25) is 0 Å². The maximum Gasteiger partial charge on any atom is 0.251 e. The zero-order valence-electron chi connectivity index (χ0n) is 9.80. The van der Waals surface area contributed by atoms with Gasteiger partial charge >= 0.3 is 0 Å². The van der Waals surface area contributed by atoms with Gasteiger partial charge in [-0.1, -0.05) is 11.6 Å². The van der Waals surface area contributed by atoms with Gasteiger partial charge in [-0.05, 0) is 44.7 Å². The number of nitrogens with one attached hydrogen (secondary N) is 2. The lowest BCUT2D eigenvalue weighted by Gasteiger charge is -2.12. The average Bonchev–Trinajstić information content (AvgIpc) is 2.25. The summed E-state index contributed by atoms with van der Waals surface area (Å²) >= 11 is 5.83. The number of halogens is 1. The maximum absolute atomic E-state index is 11.8. The van der Waals surface area contributed by atoms with Gasteiger partial charge in [0, 0.05) is 23.2 Å². The Morgan fingerprint density at radius 1 is 1.50 bits per heavy atom. The highest BCUT2D eigenvalue weighted by Gasteiger charge is 2.09. The third kappa shape index (κ3) is 3.51. The lowest BCUT2D eigenvalue weighted by molar-refractivity contribution is 0.0950. The van der Waals surface area contributed by atoms with Crippen molar-refractivity contribution >= 4 is 17.5 Å². The summed E-state index contributed by atoms with van der Waals surface area (Å²) in [5, 5.41) is 6.58. The number of carbonyl (C=O) groups excluding carboxylic acids is 1. The highest BCUT2D eigenvalue weighted by Crippen LogP contribution is 2.14. The number of likely N-dealkylation sites (N-methyl/N-ethyl adjacent to an activating group) is 1. The molecule has 3 nitrogen and oxygen atoms in total. The van der Waals surface area contributed by atoms with Crippen LogP contribution < -0.4 is 10.6 Å². The molecule has 2 N–H and O–H groups in total. The molecule has 0 saturated carbocycles. The van der Waals surface area contributed by atoms with E-state index in [1.165, 1.54) is 0 Å². The molecule has 1 aromatic carbocycles. The predicted molar refractivity (Wildman–Crippen MR) is 67.0 cm³/mol. The third-order valence-corrected chi connectivity index (χ3v) is 2.73. The van der Waals surface area contributed by atoms with Crippen molar-refractivity contribution in [1.82, 2.24) is 10.6 Å². The van der Waals surface area contributed by atoms with E-state index in [0.717, 1.165) is 5.56 Å². The number of aryl methyl sites for hydroxylation is 1. The van der Waals surface area contributed by atoms with Gasteiger partial charge in [-0.15, -0.1) is 0 Å². The van der Waals surface area contributed by atoms with Gasteiger partial charge in [-0.2, -0.15) is 0 Å². The standard InChI is InChI=1S/C12H17ClN2O/c1-8-6-10(13)4-5-11(8)12(16)15-7-9(2)14-3/h4-6,9,14H,7H2,1-3H3,(H,15,16). The van der Waals surface area contributed by atoms with Gasteiger partial charge < -0.3 is 10.6 Å². The van der Waals surface area contributed by atoms with E-state index < -0.39 is 0 Å². The van der Waals surface area contributed by atoms with E-state index in [4.69, 9.17) is 11.6 Å². The van der Waals surface area contributed by atoms with Crippen LogP contribution in [-0.4, -0.2) is 25.5 Å². The molecule has 4 heteroatoms. The van der Waals surface area contributed by atoms with Crippen molar-refractivity contribution in [3.8, 4) is 0 Å². The molecule has 0 fully saturated rings. The minimum atomic E-state index is -0.0590. The molecule has 0 heterocycles. The lowest BCUT2D eigenvalue weighted by Crippen LogP contribution is -2.37. The summed E-state index contributed by atoms with van der Waals surface area (Å²) in [6.07, 6.45) is 0. The van der Waals surface area contributed by atoms with Crippen LogP contribution in [0.1, 0.15) is 22.8 Å². The Morgan fingerprint density at radius 3 is 2.75 bits per heavy atom. The molecule has 1 unspecified atom stereocenters. The maximum atomic E-state index is 11.8. The second kappa shape index (κ2) is 5.87. The van der Waals surface area contributed by atoms with E-state index in [1.807, 2.05) is 20.9 Å². The minimum absolute atomic E-state index is 0.0590. The molecule has 0 saturated heterocycles. The van der Waals surface area contributed by atoms with Gasteiger partial charge in [-0.25, -0.2) is 0 Å². The fourth-order valence-corrected chi connectivity index (χ4v) is 1.55. The van der Waals surface area contributed by atoms with E-state index in [2.05, 4.69) is 10.6 Å². The smallest absolute Gasteiger partial charge is 0.251 e. The molecule has 0 aliphatic rings. The Labute approximate surface area is 101 Å². The second-order valence-electron chi connectivity index (χ2n) is 3.86. The van der Waals surface area contributed by atoms with Crippen LogP contribution in [0.15, 0.2) is 18.2 Å². The van der Waals surface area contributed by atoms with Crippen LogP contribution in [0.4, 0.5) is 0 Å². The summed E-state index contributed by atoms with van der Waals surface area (Å²) in [5.74, 6) is -0.0590. The number of amides is 1. The first kappa shape index (κ1) is 13.0. The van der Waals surface area contributed by atoms with Gasteiger partial charge in [0.25, 0.3) is 5.91 Å². The quantitative estimate of drug-likeness (QED) is 0.845. The van der Waals surface area contributed by atoms with Crippen LogP contribution in [-0.2, 0) is 0 Å². The van der Waals surface area contributed by atoms with Crippen molar-refractivity contribution in [2.24, 2.45) is 0 Å². The summed E-state index contributed by atoms with van der Waals surface area (Å²) < 4.78 is 0. The zero-order valence-corrected chi connectivity index (χ0v) is 10.6. The van der Waals surface area contributed by atoms with Crippen LogP contribution in [0, 0.1) is 6.92 Å². The molecule has 0 aliphatic heterocycles. The van der Waals surface area contributed by atoms with E-state index in [-0.39, 0.29) is 11.9 Å². The van der Waals surface area contributed by atoms with Crippen molar-refractivity contribution in [3.05, 3.63) is 34.3 Å². The number of hydrogen-bond acceptors (Lipinski definition) is 2. The van der Waals surface area contributed by atoms with Gasteiger partial charge in [0.1, 0.15) is 0 Å². The Balaban J connectivity index is 2.66. The number of benzene rings is 1. The van der Waals surface area contributed by atoms with Gasteiger partial charge in [0.15, 0.2) is 0 Å². The number of rotatable bonds is 4. The Bertz CT molecular complexity index is 379. The third-order valence-electron chi connectivity index (χ3n) is 2.49. The molecular formula is C12H17ClN2O. The molecule has 1 rings (SSSR count). The summed E-state index contributed by atoms with van der Waals surface area (Å²) in [4.78, 5) is 11.8. The summed E-state index contributed by atoms with van der Waals surface area (Å²) in [7, 11) is 1.87. The SMILES string of the molecule is CNC(C)CNC(=O)c1ccc(Cl)cc1C. The molecule has 0 aliphatic carbocycles. The molecule has 0 radical (unpaired) electrons. The number of carbonyl (C=O) groups is 1. The van der Waals surface area contributed by atoms with E-state index in [0.29, 0.717) is 17.1 Å². The topological polar surface area (TPSA) is 41.1 Å². The zero-order chi connectivity index (χ0) is 12.1. The Morgan fingerprint density at radius 2 is 2.19 bits per heavy atom. The van der Waals surface area contributed by atoms with Crippen LogP contribution in [0.2, 0.25) is 5.02 Å². The predicted octanol–water partition coefficient (Wildman–Crippen LogP) is 1.99. The van der Waals surface area contributed by atoms with Crippen molar-refractivity contribution in [2.45, 2.75) is 19.9 Å². The molecule has 1 atom stereocenters. The molecule has 88 valence electrons. The van der Waals surface area contributed by atoms with Crippen LogP contribution in [0.5, 0.6) is 0 Å². The van der Waals surface area contributed by atoms with Gasteiger partial charge in [0.05, 0.1) is 0 Å². The van der Waals surface area contributed by atoms with Gasteiger partial charge in [-0.3, -0.25) is 4.79 Å². The first-order valence-corrected chi connectivity index (χ1v) is 5.64. The highest BCUT2D eigenvalue weighted by molar-refractivity contribution is 6.30. The van der Waals surface area contributed by atoms with Crippen molar-refractivity contribution in [2.75, 3.05) is 13.6 Å². The van der Waals surface area contributed by atoms with Crippen molar-refractivity contribution in [1.29, 1.82) is 0 Å². The fraction of sp³-hybridized carbons (Fsp3) is 0.417. The molecule has 1 aromatic rings. The molecule has 0 bridgehead atoms.